The molecule has 16 heteroatoms. The number of hydrogen-bond donors (Lipinski definition) is 0. The second-order valence-corrected chi connectivity index (χ2v) is 12.0. The van der Waals surface area contributed by atoms with Crippen LogP contribution in [0.1, 0.15) is 12.0 Å². The Morgan fingerprint density at radius 3 is 1.54 bits per heavy atom. The minimum atomic E-state index is -5.76. The summed E-state index contributed by atoms with van der Waals surface area (Å²) in [6, 6.07) is 16.3. The third kappa shape index (κ3) is 6.84. The Labute approximate surface area is 297 Å². The van der Waals surface area contributed by atoms with E-state index >= 15 is 17.6 Å². The Balaban J connectivity index is 1.39. The molecule has 54 heavy (non-hydrogen) atoms. The third-order valence-corrected chi connectivity index (χ3v) is 8.67. The molecule has 2 aliphatic rings. The molecule has 0 heterocycles. The average Bonchev–Trinajstić information content (AvgIpc) is 3.13. The smallest absolute Gasteiger partial charge is 0.333 e. The van der Waals surface area contributed by atoms with Gasteiger partial charge < -0.3 is 9.80 Å². The van der Waals surface area contributed by atoms with Crippen LogP contribution < -0.4 is 9.80 Å². The fourth-order valence-corrected chi connectivity index (χ4v) is 6.21. The molecule has 0 bridgehead atoms. The van der Waals surface area contributed by atoms with E-state index in [4.69, 9.17) is 0 Å². The first-order chi connectivity index (χ1) is 25.4. The highest BCUT2D eigenvalue weighted by Crippen LogP contribution is 2.47. The van der Waals surface area contributed by atoms with Crippen molar-refractivity contribution in [1.29, 1.82) is 0 Å². The summed E-state index contributed by atoms with van der Waals surface area (Å²) >= 11 is 0. The molecule has 0 spiro atoms. The average molecular weight is 773 g/mol. The molecular weight excluding hydrogens is 750 g/mol. The number of allylic oxidation sites excluding steroid dienone is 6. The zero-order valence-electron chi connectivity index (χ0n) is 26.9. The van der Waals surface area contributed by atoms with Gasteiger partial charge in [-0.15, -0.1) is 0 Å². The van der Waals surface area contributed by atoms with Gasteiger partial charge in [-0.1, -0.05) is 66.8 Å². The molecule has 3 unspecified atom stereocenters. The predicted octanol–water partition coefficient (Wildman–Crippen LogP) is 12.7. The molecule has 0 radical (unpaired) electrons. The maximum atomic E-state index is 15.4. The first-order valence-corrected chi connectivity index (χ1v) is 15.7. The normalized spacial score (nSPS) is 19.1. The highest BCUT2D eigenvalue weighted by atomic mass is 19.4. The topological polar surface area (TPSA) is 6.48 Å². The molecule has 3 atom stereocenters. The molecule has 2 aliphatic carbocycles. The highest BCUT2D eigenvalue weighted by molar-refractivity contribution is 5.79. The second kappa shape index (κ2) is 14.4. The quantitative estimate of drug-likeness (QED) is 0.136. The van der Waals surface area contributed by atoms with E-state index in [0.717, 1.165) is 4.90 Å². The zero-order valence-corrected chi connectivity index (χ0v) is 26.9. The number of nitrogens with zero attached hydrogens (tertiary/aromatic N) is 2. The van der Waals surface area contributed by atoms with Crippen molar-refractivity contribution >= 4 is 22.7 Å². The van der Waals surface area contributed by atoms with Crippen molar-refractivity contribution in [3.05, 3.63) is 155 Å². The van der Waals surface area contributed by atoms with E-state index in [9.17, 15) is 43.9 Å². The fraction of sp³-hybridized carbons (Fsp3) is 0.158. The lowest BCUT2D eigenvalue weighted by Gasteiger charge is -2.38. The number of rotatable bonds is 7. The third-order valence-electron chi connectivity index (χ3n) is 8.67. The molecule has 4 aromatic rings. The van der Waals surface area contributed by atoms with Gasteiger partial charge in [0.15, 0.2) is 47.3 Å². The minimum Gasteiger partial charge on any atom is -0.333 e. The fourth-order valence-electron chi connectivity index (χ4n) is 6.21. The zero-order chi connectivity index (χ0) is 39.3. The summed E-state index contributed by atoms with van der Waals surface area (Å²) in [6.45, 7) is 0. The van der Waals surface area contributed by atoms with Crippen molar-refractivity contribution in [2.45, 2.75) is 37.2 Å². The van der Waals surface area contributed by atoms with Gasteiger partial charge in [-0.2, -0.15) is 26.3 Å². The number of alkyl halides is 8. The molecule has 0 saturated heterocycles. The van der Waals surface area contributed by atoms with E-state index < -0.39 is 88.2 Å². The lowest BCUT2D eigenvalue weighted by Crippen LogP contribution is -2.44. The van der Waals surface area contributed by atoms with Crippen LogP contribution in [0.2, 0.25) is 0 Å². The monoisotopic (exact) mass is 772 g/mol. The van der Waals surface area contributed by atoms with Crippen LogP contribution in [-0.4, -0.2) is 24.6 Å². The predicted molar refractivity (Wildman–Crippen MR) is 173 cm³/mol. The summed E-state index contributed by atoms with van der Waals surface area (Å²) in [5.74, 6) is -14.8. The van der Waals surface area contributed by atoms with Crippen LogP contribution in [0.15, 0.2) is 126 Å². The first-order valence-electron chi connectivity index (χ1n) is 15.7. The molecular formula is C38H22F14N2. The Morgan fingerprint density at radius 1 is 0.537 bits per heavy atom. The van der Waals surface area contributed by atoms with Gasteiger partial charge in [0.25, 0.3) is 0 Å². The van der Waals surface area contributed by atoms with E-state index in [2.05, 4.69) is 0 Å². The molecule has 6 rings (SSSR count). The van der Waals surface area contributed by atoms with E-state index in [1.807, 2.05) is 0 Å². The maximum Gasteiger partial charge on any atom is 0.422 e. The Bertz CT molecular complexity index is 2140. The van der Waals surface area contributed by atoms with Crippen molar-refractivity contribution in [3.63, 3.8) is 0 Å². The molecule has 4 aromatic carbocycles. The molecule has 0 N–H and O–H groups in total. The summed E-state index contributed by atoms with van der Waals surface area (Å²) in [4.78, 5) is 1.50. The molecule has 0 aromatic heterocycles. The van der Waals surface area contributed by atoms with Crippen LogP contribution in [0.4, 0.5) is 84.2 Å². The van der Waals surface area contributed by atoms with Crippen LogP contribution in [0.25, 0.3) is 11.1 Å². The molecule has 282 valence electrons. The van der Waals surface area contributed by atoms with Crippen molar-refractivity contribution in [1.82, 2.24) is 0 Å². The summed E-state index contributed by atoms with van der Waals surface area (Å²) in [5.41, 5.74) is -7.78. The first kappa shape index (κ1) is 38.2. The van der Waals surface area contributed by atoms with Crippen LogP contribution in [-0.2, 0) is 6.18 Å². The summed E-state index contributed by atoms with van der Waals surface area (Å²) in [7, 11) is 0. The SMILES string of the molecule is FC1=C(N(c2ccc(-c3ccc(N(c4ccccc4)c4c(F)c(F)c(C(F)(F)F)c(F)c4F)cc3)cc2)C2C=CC=CC2)C(F)C(F)C(C(F)(F)F)=C1F. The van der Waals surface area contributed by atoms with Crippen LogP contribution in [0.3, 0.4) is 0 Å². The number of anilines is 4. The van der Waals surface area contributed by atoms with Gasteiger partial charge in [-0.05, 0) is 53.9 Å². The lowest BCUT2D eigenvalue weighted by molar-refractivity contribution is -0.143. The van der Waals surface area contributed by atoms with E-state index in [0.29, 0.717) is 16.0 Å². The molecule has 0 amide bonds. The van der Waals surface area contributed by atoms with E-state index in [1.165, 1.54) is 91.0 Å². The number of para-hydroxylation sites is 1. The van der Waals surface area contributed by atoms with E-state index in [1.54, 1.807) is 12.2 Å². The maximum absolute atomic E-state index is 15.4. The molecule has 0 aliphatic heterocycles. The Hall–Kier alpha value is -5.54. The molecule has 2 nitrogen and oxygen atoms in total. The van der Waals surface area contributed by atoms with Crippen molar-refractivity contribution in [2.75, 3.05) is 9.80 Å². The van der Waals surface area contributed by atoms with Gasteiger partial charge in [0.2, 0.25) is 0 Å². The lowest BCUT2D eigenvalue weighted by atomic mass is 9.93. The summed E-state index contributed by atoms with van der Waals surface area (Å²) < 4.78 is 200. The molecule has 0 fully saturated rings. The van der Waals surface area contributed by atoms with Crippen molar-refractivity contribution < 1.29 is 61.5 Å². The Morgan fingerprint density at radius 2 is 1.06 bits per heavy atom. The van der Waals surface area contributed by atoms with Gasteiger partial charge in [-0.25, -0.2) is 35.1 Å². The summed E-state index contributed by atoms with van der Waals surface area (Å²) in [6.07, 6.45) is -12.2. The van der Waals surface area contributed by atoms with Gasteiger partial charge in [0, 0.05) is 17.1 Å². The van der Waals surface area contributed by atoms with Gasteiger partial charge in [-0.3, -0.25) is 0 Å². The van der Waals surface area contributed by atoms with Crippen molar-refractivity contribution in [2.24, 2.45) is 0 Å². The van der Waals surface area contributed by atoms with E-state index in [-0.39, 0.29) is 23.5 Å². The number of benzene rings is 4. The summed E-state index contributed by atoms with van der Waals surface area (Å²) in [5, 5.41) is 0. The molecule has 0 saturated carbocycles. The number of hydrogen-bond acceptors (Lipinski definition) is 2. The van der Waals surface area contributed by atoms with Crippen LogP contribution in [0, 0.1) is 23.3 Å². The highest BCUT2D eigenvalue weighted by Gasteiger charge is 2.52. The van der Waals surface area contributed by atoms with Gasteiger partial charge >= 0.3 is 12.4 Å². The van der Waals surface area contributed by atoms with Gasteiger partial charge in [0.1, 0.15) is 16.8 Å². The van der Waals surface area contributed by atoms with Gasteiger partial charge in [0.05, 0.1) is 11.7 Å². The van der Waals surface area contributed by atoms with Crippen LogP contribution >= 0.6 is 0 Å². The van der Waals surface area contributed by atoms with Crippen molar-refractivity contribution in [3.8, 4) is 11.1 Å². The minimum absolute atomic E-state index is 0.0451. The Kier molecular flexibility index (Phi) is 10.2. The van der Waals surface area contributed by atoms with Crippen LogP contribution in [0.5, 0.6) is 0 Å². The largest absolute Gasteiger partial charge is 0.422 e. The second-order valence-electron chi connectivity index (χ2n) is 12.0. The number of halogens is 14. The standard InChI is InChI=1S/C38H22F14N2/c39-27-25(37(47,48)49)28(40)32(44)35(31(27)43)53(21-7-3-1-4-8-21)23-15-11-19(12-16-23)20-13-17-24(18-14-20)54(22-9-5-2-6-10-22)36-33(45)29(41)26(38(50,51)52)30(42)34(36)46/h1-9,11-18,22,29,33H,10H2.